The van der Waals surface area contributed by atoms with Crippen molar-refractivity contribution >= 4 is 43.8 Å². The van der Waals surface area contributed by atoms with Gasteiger partial charge in [0.1, 0.15) is 0 Å². The van der Waals surface area contributed by atoms with Gasteiger partial charge >= 0.3 is 0 Å². The van der Waals surface area contributed by atoms with Crippen LogP contribution >= 0.6 is 31.9 Å². The van der Waals surface area contributed by atoms with Gasteiger partial charge < -0.3 is 10.9 Å². The first-order valence-corrected chi connectivity index (χ1v) is 4.65. The van der Waals surface area contributed by atoms with Crippen molar-refractivity contribution in [1.29, 1.82) is 0 Å². The van der Waals surface area contributed by atoms with Gasteiger partial charge in [0.2, 0.25) is 0 Å². The molecule has 3 N–H and O–H groups in total. The summed E-state index contributed by atoms with van der Waals surface area (Å²) >= 11 is 6.54. The number of hydrogen-bond acceptors (Lipinski definition) is 3. The summed E-state index contributed by atoms with van der Waals surface area (Å²) in [6, 6.07) is 3.53. The Balaban J connectivity index is 3.21. The van der Waals surface area contributed by atoms with Gasteiger partial charge in [-0.15, -0.1) is 0 Å². The predicted octanol–water partition coefficient (Wildman–Crippen LogP) is 2.60. The zero-order valence-corrected chi connectivity index (χ0v) is 9.13. The third-order valence-corrected chi connectivity index (χ3v) is 2.62. The number of anilines is 1. The van der Waals surface area contributed by atoms with Crippen molar-refractivity contribution in [1.82, 2.24) is 0 Å². The quantitative estimate of drug-likeness (QED) is 0.362. The maximum Gasteiger partial charge on any atom is 0.0734 e. The summed E-state index contributed by atoms with van der Waals surface area (Å²) in [7, 11) is 0. The molecule has 0 radical (unpaired) electrons. The number of nitrogens with two attached hydrogens (primary N) is 1. The van der Waals surface area contributed by atoms with Gasteiger partial charge in [-0.25, -0.2) is 0 Å². The minimum Gasteiger partial charge on any atom is -0.411 e. The number of oxime groups is 1. The summed E-state index contributed by atoms with van der Waals surface area (Å²) < 4.78 is 1.54. The van der Waals surface area contributed by atoms with E-state index in [4.69, 9.17) is 10.9 Å². The first-order chi connectivity index (χ1) is 5.65. The molecule has 0 heterocycles. The second kappa shape index (κ2) is 3.91. The fourth-order valence-corrected chi connectivity index (χ4v) is 1.97. The smallest absolute Gasteiger partial charge is 0.0734 e. The van der Waals surface area contributed by atoms with Gasteiger partial charge in [-0.3, -0.25) is 0 Å². The largest absolute Gasteiger partial charge is 0.411 e. The molecule has 5 heteroatoms. The lowest BCUT2D eigenvalue weighted by molar-refractivity contribution is 0.322. The van der Waals surface area contributed by atoms with Crippen LogP contribution in [-0.4, -0.2) is 11.4 Å². The van der Waals surface area contributed by atoms with E-state index in [1.807, 2.05) is 0 Å². The summed E-state index contributed by atoms with van der Waals surface area (Å²) in [5.41, 5.74) is 7.04. The highest BCUT2D eigenvalue weighted by molar-refractivity contribution is 9.11. The van der Waals surface area contributed by atoms with Crippen LogP contribution in [-0.2, 0) is 0 Å². The molecule has 0 saturated heterocycles. The van der Waals surface area contributed by atoms with Gasteiger partial charge in [0.15, 0.2) is 0 Å². The van der Waals surface area contributed by atoms with E-state index in [9.17, 15) is 0 Å². The van der Waals surface area contributed by atoms with Crippen molar-refractivity contribution in [3.63, 3.8) is 0 Å². The Morgan fingerprint density at radius 2 is 1.83 bits per heavy atom. The van der Waals surface area contributed by atoms with Crippen molar-refractivity contribution in [2.45, 2.75) is 0 Å². The average molecular weight is 294 g/mol. The van der Waals surface area contributed by atoms with Crippen molar-refractivity contribution in [2.75, 3.05) is 5.73 Å². The topological polar surface area (TPSA) is 58.6 Å². The van der Waals surface area contributed by atoms with E-state index >= 15 is 0 Å². The number of halogens is 2. The summed E-state index contributed by atoms with van der Waals surface area (Å²) in [4.78, 5) is 0. The van der Waals surface area contributed by atoms with E-state index in [2.05, 4.69) is 37.0 Å². The number of nitrogens with zero attached hydrogens (tertiary/aromatic N) is 1. The third kappa shape index (κ3) is 1.98. The fraction of sp³-hybridized carbons (Fsp3) is 0. The number of hydrogen-bond donors (Lipinski definition) is 2. The van der Waals surface area contributed by atoms with Gasteiger partial charge in [-0.1, -0.05) is 5.16 Å². The van der Waals surface area contributed by atoms with Crippen LogP contribution in [0.5, 0.6) is 0 Å². The predicted molar refractivity (Wildman–Crippen MR) is 55.6 cm³/mol. The lowest BCUT2D eigenvalue weighted by Gasteiger charge is -2.02. The average Bonchev–Trinajstić information content (AvgIpc) is 2.01. The molecule has 0 amide bonds. The van der Waals surface area contributed by atoms with Crippen LogP contribution in [0.15, 0.2) is 26.2 Å². The Morgan fingerprint density at radius 1 is 1.33 bits per heavy atom. The lowest BCUT2D eigenvalue weighted by Crippen LogP contribution is -1.91. The van der Waals surface area contributed by atoms with Crippen LogP contribution in [0.4, 0.5) is 5.69 Å². The fourth-order valence-electron chi connectivity index (χ4n) is 0.745. The molecule has 3 nitrogen and oxygen atoms in total. The van der Waals surface area contributed by atoms with E-state index in [1.165, 1.54) is 6.21 Å². The summed E-state index contributed by atoms with van der Waals surface area (Å²) in [6.45, 7) is 0. The molecule has 0 spiro atoms. The molecule has 0 aliphatic rings. The molecule has 0 bridgehead atoms. The van der Waals surface area contributed by atoms with Gasteiger partial charge in [-0.2, -0.15) is 0 Å². The van der Waals surface area contributed by atoms with E-state index in [0.717, 1.165) is 14.5 Å². The second-order valence-corrected chi connectivity index (χ2v) is 3.85. The van der Waals surface area contributed by atoms with Crippen LogP contribution in [0.25, 0.3) is 0 Å². The van der Waals surface area contributed by atoms with Gasteiger partial charge in [-0.05, 0) is 49.6 Å². The monoisotopic (exact) mass is 292 g/mol. The van der Waals surface area contributed by atoms with Crippen LogP contribution in [0.3, 0.4) is 0 Å². The SMILES string of the molecule is Nc1c(Br)cc(/C=N\O)cc1Br. The molecular formula is C7H6Br2N2O. The third-order valence-electron chi connectivity index (χ3n) is 1.31. The van der Waals surface area contributed by atoms with Crippen LogP contribution in [0.2, 0.25) is 0 Å². The molecule has 1 aromatic carbocycles. The highest BCUT2D eigenvalue weighted by Gasteiger charge is 2.01. The number of rotatable bonds is 1. The van der Waals surface area contributed by atoms with E-state index in [-0.39, 0.29) is 0 Å². The Hall–Kier alpha value is -0.550. The first kappa shape index (κ1) is 9.54. The van der Waals surface area contributed by atoms with Gasteiger partial charge in [0, 0.05) is 8.95 Å². The highest BCUT2D eigenvalue weighted by atomic mass is 79.9. The lowest BCUT2D eigenvalue weighted by atomic mass is 10.2. The van der Waals surface area contributed by atoms with Crippen molar-refractivity contribution in [3.05, 3.63) is 26.6 Å². The molecule has 12 heavy (non-hydrogen) atoms. The maximum absolute atomic E-state index is 8.28. The van der Waals surface area contributed by atoms with Crippen LogP contribution < -0.4 is 5.73 Å². The summed E-state index contributed by atoms with van der Waals surface area (Å²) in [6.07, 6.45) is 1.33. The van der Waals surface area contributed by atoms with Gasteiger partial charge in [0.05, 0.1) is 11.9 Å². The molecule has 1 aromatic rings. The number of benzene rings is 1. The first-order valence-electron chi connectivity index (χ1n) is 3.07. The van der Waals surface area contributed by atoms with Crippen LogP contribution in [0, 0.1) is 0 Å². The Labute approximate surface area is 86.5 Å². The minimum absolute atomic E-state index is 0.630. The van der Waals surface area contributed by atoms with Gasteiger partial charge in [0.25, 0.3) is 0 Å². The maximum atomic E-state index is 8.28. The standard InChI is InChI=1S/C7H6Br2N2O/c8-5-1-4(3-11-12)2-6(9)7(5)10/h1-3,12H,10H2/b11-3-. The summed E-state index contributed by atoms with van der Waals surface area (Å²) in [5.74, 6) is 0. The molecule has 0 saturated carbocycles. The zero-order valence-electron chi connectivity index (χ0n) is 5.96. The van der Waals surface area contributed by atoms with E-state index in [0.29, 0.717) is 5.69 Å². The molecule has 0 unspecified atom stereocenters. The molecule has 0 atom stereocenters. The van der Waals surface area contributed by atoms with Crippen molar-refractivity contribution in [3.8, 4) is 0 Å². The Bertz CT molecular complexity index is 302. The molecule has 0 aromatic heterocycles. The highest BCUT2D eigenvalue weighted by Crippen LogP contribution is 2.28. The second-order valence-electron chi connectivity index (χ2n) is 2.14. The molecule has 64 valence electrons. The molecule has 1 rings (SSSR count). The van der Waals surface area contributed by atoms with E-state index < -0.39 is 0 Å². The Kier molecular flexibility index (Phi) is 3.11. The van der Waals surface area contributed by atoms with Crippen molar-refractivity contribution in [2.24, 2.45) is 5.16 Å². The Morgan fingerprint density at radius 3 is 2.25 bits per heavy atom. The minimum atomic E-state index is 0.630. The molecule has 0 fully saturated rings. The molecular weight excluding hydrogens is 288 g/mol. The van der Waals surface area contributed by atoms with Crippen LogP contribution in [0.1, 0.15) is 5.56 Å². The number of nitrogen functional groups attached to an aromatic ring is 1. The summed E-state index contributed by atoms with van der Waals surface area (Å²) in [5, 5.41) is 11.2. The molecule has 0 aliphatic carbocycles. The normalized spacial score (nSPS) is 10.8. The zero-order chi connectivity index (χ0) is 9.14. The van der Waals surface area contributed by atoms with Crippen molar-refractivity contribution < 1.29 is 5.21 Å². The molecule has 0 aliphatic heterocycles. The van der Waals surface area contributed by atoms with E-state index in [1.54, 1.807) is 12.1 Å².